The fourth-order valence-electron chi connectivity index (χ4n) is 0.990. The average Bonchev–Trinajstić information content (AvgIpc) is 2.85. The third-order valence-electron chi connectivity index (χ3n) is 1.73. The van der Waals surface area contributed by atoms with E-state index in [4.69, 9.17) is 11.6 Å². The van der Waals surface area contributed by atoms with Crippen LogP contribution in [-0.4, -0.2) is 23.6 Å². The fraction of sp³-hybridized carbons (Fsp3) is 0.143. The van der Waals surface area contributed by atoms with Gasteiger partial charge < -0.3 is 0 Å². The maximum absolute atomic E-state index is 11.7. The van der Waals surface area contributed by atoms with Crippen molar-refractivity contribution in [2.75, 3.05) is 0 Å². The van der Waals surface area contributed by atoms with Crippen LogP contribution in [0.3, 0.4) is 0 Å². The van der Waals surface area contributed by atoms with Gasteiger partial charge in [0.1, 0.15) is 0 Å². The molecule has 0 aromatic carbocycles. The van der Waals surface area contributed by atoms with E-state index >= 15 is 0 Å². The molecule has 0 aliphatic heterocycles. The van der Waals surface area contributed by atoms with E-state index in [1.807, 2.05) is 0 Å². The lowest BCUT2D eigenvalue weighted by Gasteiger charge is -2.01. The van der Waals surface area contributed by atoms with Gasteiger partial charge in [0.25, 0.3) is 10.0 Å². The predicted octanol–water partition coefficient (Wildman–Crippen LogP) is 0.998. The zero-order chi connectivity index (χ0) is 11.6. The first kappa shape index (κ1) is 11.5. The van der Waals surface area contributed by atoms with Gasteiger partial charge in [-0.05, 0) is 6.07 Å². The molecule has 0 aliphatic rings. The van der Waals surface area contributed by atoms with Crippen LogP contribution in [-0.2, 0) is 16.6 Å². The van der Waals surface area contributed by atoms with E-state index < -0.39 is 10.0 Å². The number of halogens is 1. The zero-order valence-corrected chi connectivity index (χ0v) is 10.2. The molecule has 0 saturated heterocycles. The van der Waals surface area contributed by atoms with Gasteiger partial charge in [-0.25, -0.2) is 18.1 Å². The van der Waals surface area contributed by atoms with Crippen LogP contribution in [0.4, 0.5) is 0 Å². The molecule has 2 N–H and O–H groups in total. The third kappa shape index (κ3) is 2.59. The van der Waals surface area contributed by atoms with Crippen molar-refractivity contribution < 1.29 is 8.42 Å². The molecule has 6 nitrogen and oxygen atoms in total. The molecule has 0 saturated carbocycles. The maximum atomic E-state index is 11.7. The third-order valence-corrected chi connectivity index (χ3v) is 4.71. The van der Waals surface area contributed by atoms with Gasteiger partial charge in [-0.15, -0.1) is 0 Å². The standard InChI is InChI=1S/C7H7ClN4O2S2/c8-7-9-4-6(15-7)16(13,14)11-3-5-1-2-10-12-5/h1-2,4,11H,3H2,(H,10,12). The Morgan fingerprint density at radius 2 is 2.38 bits per heavy atom. The smallest absolute Gasteiger partial charge is 0.252 e. The molecule has 16 heavy (non-hydrogen) atoms. The molecule has 0 unspecified atom stereocenters. The monoisotopic (exact) mass is 278 g/mol. The lowest BCUT2D eigenvalue weighted by atomic mass is 10.4. The van der Waals surface area contributed by atoms with Gasteiger partial charge in [-0.2, -0.15) is 5.10 Å². The number of rotatable bonds is 4. The molecule has 0 aliphatic carbocycles. The molecule has 0 amide bonds. The van der Waals surface area contributed by atoms with E-state index in [1.165, 1.54) is 6.20 Å². The highest BCUT2D eigenvalue weighted by molar-refractivity contribution is 7.91. The molecule has 0 spiro atoms. The molecule has 2 aromatic heterocycles. The van der Waals surface area contributed by atoms with Gasteiger partial charge in [-0.3, -0.25) is 5.10 Å². The first-order valence-corrected chi connectivity index (χ1v) is 6.85. The van der Waals surface area contributed by atoms with E-state index in [1.54, 1.807) is 12.3 Å². The Morgan fingerprint density at radius 1 is 1.56 bits per heavy atom. The highest BCUT2D eigenvalue weighted by Gasteiger charge is 2.17. The molecule has 0 fully saturated rings. The van der Waals surface area contributed by atoms with Gasteiger partial charge in [0.2, 0.25) is 0 Å². The van der Waals surface area contributed by atoms with E-state index in [2.05, 4.69) is 19.9 Å². The molecular formula is C7H7ClN4O2S2. The molecule has 86 valence electrons. The Kier molecular flexibility index (Phi) is 3.24. The molecule has 2 aromatic rings. The highest BCUT2D eigenvalue weighted by Crippen LogP contribution is 2.22. The molecule has 2 rings (SSSR count). The summed E-state index contributed by atoms with van der Waals surface area (Å²) in [5, 5.41) is 6.36. The second-order valence-corrected chi connectivity index (χ2v) is 6.45. The van der Waals surface area contributed by atoms with Crippen molar-refractivity contribution in [3.8, 4) is 0 Å². The number of nitrogens with zero attached hydrogens (tertiary/aromatic N) is 2. The van der Waals surface area contributed by atoms with Crippen LogP contribution < -0.4 is 4.72 Å². The molecule has 0 radical (unpaired) electrons. The summed E-state index contributed by atoms with van der Waals surface area (Å²) in [4.78, 5) is 3.67. The van der Waals surface area contributed by atoms with Crippen molar-refractivity contribution in [1.82, 2.24) is 19.9 Å². The number of hydrogen-bond acceptors (Lipinski definition) is 5. The van der Waals surface area contributed by atoms with Crippen molar-refractivity contribution in [3.63, 3.8) is 0 Å². The number of aromatic nitrogens is 3. The fourth-order valence-corrected chi connectivity index (χ4v) is 3.33. The quantitative estimate of drug-likeness (QED) is 0.873. The molecule has 2 heterocycles. The largest absolute Gasteiger partial charge is 0.281 e. The van der Waals surface area contributed by atoms with Gasteiger partial charge in [0.05, 0.1) is 18.4 Å². The van der Waals surface area contributed by atoms with Crippen LogP contribution in [0.5, 0.6) is 0 Å². The predicted molar refractivity (Wildman–Crippen MR) is 59.7 cm³/mol. The minimum absolute atomic E-state index is 0.0945. The lowest BCUT2D eigenvalue weighted by Crippen LogP contribution is -2.22. The Balaban J connectivity index is 2.09. The number of H-pyrrole nitrogens is 1. The first-order valence-electron chi connectivity index (χ1n) is 4.17. The lowest BCUT2D eigenvalue weighted by molar-refractivity contribution is 0.582. The van der Waals surface area contributed by atoms with Gasteiger partial charge in [-0.1, -0.05) is 22.9 Å². The summed E-state index contributed by atoms with van der Waals surface area (Å²) >= 11 is 6.48. The van der Waals surface area contributed by atoms with Gasteiger partial charge in [0, 0.05) is 6.20 Å². The van der Waals surface area contributed by atoms with Crippen molar-refractivity contribution in [2.45, 2.75) is 10.8 Å². The number of hydrogen-bond donors (Lipinski definition) is 2. The summed E-state index contributed by atoms with van der Waals surface area (Å²) in [6.45, 7) is 0.151. The van der Waals surface area contributed by atoms with Crippen molar-refractivity contribution in [2.24, 2.45) is 0 Å². The molecular weight excluding hydrogens is 272 g/mol. The van der Waals surface area contributed by atoms with Crippen LogP contribution in [0.1, 0.15) is 5.69 Å². The number of thiazole rings is 1. The van der Waals surface area contributed by atoms with E-state index in [9.17, 15) is 8.42 Å². The summed E-state index contributed by atoms with van der Waals surface area (Å²) in [5.74, 6) is 0. The van der Waals surface area contributed by atoms with E-state index in [0.717, 1.165) is 11.3 Å². The Labute approximate surface area is 101 Å². The average molecular weight is 279 g/mol. The molecule has 9 heteroatoms. The normalized spacial score (nSPS) is 11.8. The van der Waals surface area contributed by atoms with Crippen LogP contribution in [0.15, 0.2) is 22.7 Å². The summed E-state index contributed by atoms with van der Waals surface area (Å²) in [5.41, 5.74) is 0.680. The Morgan fingerprint density at radius 3 is 2.94 bits per heavy atom. The number of nitrogens with one attached hydrogen (secondary N) is 2. The number of sulfonamides is 1. The first-order chi connectivity index (χ1) is 7.58. The van der Waals surface area contributed by atoms with Crippen molar-refractivity contribution >= 4 is 33.0 Å². The number of aromatic amines is 1. The SMILES string of the molecule is O=S(=O)(NCc1ccn[nH]1)c1cnc(Cl)s1. The van der Waals surface area contributed by atoms with Gasteiger partial charge in [0.15, 0.2) is 8.68 Å². The highest BCUT2D eigenvalue weighted by atomic mass is 35.5. The van der Waals surface area contributed by atoms with Crippen molar-refractivity contribution in [1.29, 1.82) is 0 Å². The molecule has 0 bridgehead atoms. The minimum Gasteiger partial charge on any atom is -0.281 e. The summed E-state index contributed by atoms with van der Waals surface area (Å²) < 4.78 is 26.1. The van der Waals surface area contributed by atoms with Crippen LogP contribution in [0, 0.1) is 0 Å². The van der Waals surface area contributed by atoms with Crippen molar-refractivity contribution in [3.05, 3.63) is 28.6 Å². The minimum atomic E-state index is -3.54. The van der Waals surface area contributed by atoms with Crippen LogP contribution in [0.2, 0.25) is 4.47 Å². The van der Waals surface area contributed by atoms with Gasteiger partial charge >= 0.3 is 0 Å². The van der Waals surface area contributed by atoms with E-state index in [0.29, 0.717) is 5.69 Å². The second-order valence-electron chi connectivity index (χ2n) is 2.84. The topological polar surface area (TPSA) is 87.7 Å². The molecule has 0 atom stereocenters. The summed E-state index contributed by atoms with van der Waals surface area (Å²) in [6.07, 6.45) is 2.77. The maximum Gasteiger partial charge on any atom is 0.252 e. The summed E-state index contributed by atoms with van der Waals surface area (Å²) in [6, 6.07) is 1.68. The second kappa shape index (κ2) is 4.50. The Bertz CT molecular complexity index is 563. The Hall–Kier alpha value is -0.960. The summed E-state index contributed by atoms with van der Waals surface area (Å²) in [7, 11) is -3.54. The zero-order valence-electron chi connectivity index (χ0n) is 7.84. The van der Waals surface area contributed by atoms with Crippen LogP contribution in [0.25, 0.3) is 0 Å². The van der Waals surface area contributed by atoms with E-state index in [-0.39, 0.29) is 15.2 Å². The van der Waals surface area contributed by atoms with Crippen LogP contribution >= 0.6 is 22.9 Å².